The average molecular weight is 281 g/mol. The summed E-state index contributed by atoms with van der Waals surface area (Å²) in [4.78, 5) is 0. The Morgan fingerprint density at radius 1 is 1.32 bits per heavy atom. The first-order valence-electron chi connectivity index (χ1n) is 6.11. The van der Waals surface area contributed by atoms with Crippen molar-refractivity contribution in [2.45, 2.75) is 25.8 Å². The molecule has 1 heterocycles. The summed E-state index contributed by atoms with van der Waals surface area (Å²) in [5.74, 6) is -0.235. The van der Waals surface area contributed by atoms with E-state index in [0.717, 1.165) is 15.7 Å². The summed E-state index contributed by atoms with van der Waals surface area (Å²) < 4.78 is 12.8. The van der Waals surface area contributed by atoms with Gasteiger partial charge in [-0.15, -0.1) is 10.2 Å². The molecule has 0 amide bonds. The van der Waals surface area contributed by atoms with Crippen LogP contribution in [0.25, 0.3) is 0 Å². The summed E-state index contributed by atoms with van der Waals surface area (Å²) in [5, 5.41) is 21.8. The summed E-state index contributed by atoms with van der Waals surface area (Å²) in [6, 6.07) is 6.55. The second-order valence-corrected chi connectivity index (χ2v) is 5.42. The Kier molecular flexibility index (Phi) is 4.81. The minimum absolute atomic E-state index is 0.148. The maximum absolute atomic E-state index is 12.8. The molecular formula is C13H16FN3OS. The fourth-order valence-electron chi connectivity index (χ4n) is 1.64. The molecule has 0 bridgehead atoms. The van der Waals surface area contributed by atoms with E-state index in [-0.39, 0.29) is 18.5 Å². The molecule has 0 aliphatic heterocycles. The van der Waals surface area contributed by atoms with Crippen LogP contribution in [0, 0.1) is 5.82 Å². The van der Waals surface area contributed by atoms with Crippen LogP contribution >= 0.6 is 11.3 Å². The van der Waals surface area contributed by atoms with Gasteiger partial charge in [-0.3, -0.25) is 0 Å². The Bertz CT molecular complexity index is 515. The molecule has 0 fully saturated rings. The maximum Gasteiger partial charge on any atom is 0.205 e. The number of nitrogens with zero attached hydrogens (tertiary/aromatic N) is 2. The number of aliphatic hydroxyl groups excluding tert-OH is 1. The van der Waals surface area contributed by atoms with Gasteiger partial charge in [0.25, 0.3) is 0 Å². The number of hydrogen-bond acceptors (Lipinski definition) is 5. The molecule has 0 saturated carbocycles. The van der Waals surface area contributed by atoms with E-state index in [4.69, 9.17) is 5.11 Å². The van der Waals surface area contributed by atoms with Gasteiger partial charge < -0.3 is 10.4 Å². The monoisotopic (exact) mass is 281 g/mol. The summed E-state index contributed by atoms with van der Waals surface area (Å²) in [6.07, 6.45) is 1.32. The first-order chi connectivity index (χ1) is 9.17. The van der Waals surface area contributed by atoms with Crippen molar-refractivity contribution in [3.63, 3.8) is 0 Å². The van der Waals surface area contributed by atoms with Crippen molar-refractivity contribution in [2.24, 2.45) is 0 Å². The van der Waals surface area contributed by atoms with E-state index in [1.165, 1.54) is 23.5 Å². The Morgan fingerprint density at radius 2 is 2.05 bits per heavy atom. The average Bonchev–Trinajstić information content (AvgIpc) is 2.80. The van der Waals surface area contributed by atoms with Gasteiger partial charge in [0.2, 0.25) is 5.13 Å². The van der Waals surface area contributed by atoms with Crippen LogP contribution in [0.3, 0.4) is 0 Å². The van der Waals surface area contributed by atoms with Crippen molar-refractivity contribution in [3.05, 3.63) is 40.7 Å². The predicted molar refractivity (Wildman–Crippen MR) is 73.9 cm³/mol. The molecule has 1 unspecified atom stereocenters. The van der Waals surface area contributed by atoms with Crippen LogP contribution in [0.4, 0.5) is 9.52 Å². The number of aromatic nitrogens is 2. The molecule has 6 heteroatoms. The van der Waals surface area contributed by atoms with Crippen LogP contribution in [0.2, 0.25) is 0 Å². The molecule has 0 saturated heterocycles. The third-order valence-corrected chi connectivity index (χ3v) is 3.52. The highest BCUT2D eigenvalue weighted by Gasteiger charge is 2.08. The summed E-state index contributed by atoms with van der Waals surface area (Å²) in [5.41, 5.74) is 1.01. The fraction of sp³-hybridized carbons (Fsp3) is 0.385. The lowest BCUT2D eigenvalue weighted by atomic mass is 10.2. The van der Waals surface area contributed by atoms with Crippen LogP contribution < -0.4 is 5.32 Å². The molecule has 1 aromatic heterocycles. The Labute approximate surface area is 115 Å². The molecule has 1 atom stereocenters. The van der Waals surface area contributed by atoms with Gasteiger partial charge in [0.1, 0.15) is 10.8 Å². The van der Waals surface area contributed by atoms with Crippen LogP contribution in [0.5, 0.6) is 0 Å². The Hall–Kier alpha value is -1.53. The normalized spacial score (nSPS) is 12.4. The topological polar surface area (TPSA) is 58.0 Å². The van der Waals surface area contributed by atoms with Gasteiger partial charge in [-0.1, -0.05) is 23.5 Å². The zero-order valence-electron chi connectivity index (χ0n) is 10.6. The van der Waals surface area contributed by atoms with Crippen molar-refractivity contribution >= 4 is 16.5 Å². The van der Waals surface area contributed by atoms with Crippen molar-refractivity contribution in [1.29, 1.82) is 0 Å². The number of halogens is 1. The smallest absolute Gasteiger partial charge is 0.205 e. The van der Waals surface area contributed by atoms with Gasteiger partial charge in [-0.05, 0) is 31.0 Å². The zero-order valence-corrected chi connectivity index (χ0v) is 11.5. The van der Waals surface area contributed by atoms with E-state index in [1.54, 1.807) is 12.1 Å². The van der Waals surface area contributed by atoms with Crippen molar-refractivity contribution in [3.8, 4) is 0 Å². The molecule has 19 heavy (non-hydrogen) atoms. The van der Waals surface area contributed by atoms with Crippen molar-refractivity contribution in [2.75, 3.05) is 11.9 Å². The van der Waals surface area contributed by atoms with E-state index in [2.05, 4.69) is 15.5 Å². The minimum Gasteiger partial charge on any atom is -0.396 e. The van der Waals surface area contributed by atoms with Crippen molar-refractivity contribution in [1.82, 2.24) is 10.2 Å². The number of nitrogens with one attached hydrogen (secondary N) is 1. The van der Waals surface area contributed by atoms with Crippen LogP contribution in [-0.4, -0.2) is 28.0 Å². The van der Waals surface area contributed by atoms with E-state index in [1.807, 2.05) is 6.92 Å². The number of aliphatic hydroxyl groups is 1. The largest absolute Gasteiger partial charge is 0.396 e. The molecular weight excluding hydrogens is 265 g/mol. The molecule has 102 valence electrons. The fourth-order valence-corrected chi connectivity index (χ4v) is 2.52. The quantitative estimate of drug-likeness (QED) is 0.854. The standard InChI is InChI=1S/C13H16FN3OS/c1-9(6-7-18)15-13-17-16-12(19-13)8-10-2-4-11(14)5-3-10/h2-5,9,18H,6-8H2,1H3,(H,15,17). The lowest BCUT2D eigenvalue weighted by molar-refractivity contribution is 0.282. The van der Waals surface area contributed by atoms with Gasteiger partial charge in [-0.2, -0.15) is 0 Å². The molecule has 0 spiro atoms. The zero-order chi connectivity index (χ0) is 13.7. The van der Waals surface area contributed by atoms with Gasteiger partial charge >= 0.3 is 0 Å². The number of rotatable bonds is 6. The van der Waals surface area contributed by atoms with Gasteiger partial charge in [0.05, 0.1) is 0 Å². The SMILES string of the molecule is CC(CCO)Nc1nnc(Cc2ccc(F)cc2)s1. The van der Waals surface area contributed by atoms with Crippen LogP contribution in [-0.2, 0) is 6.42 Å². The number of benzene rings is 1. The predicted octanol–water partition coefficient (Wildman–Crippen LogP) is 2.45. The van der Waals surface area contributed by atoms with Gasteiger partial charge in [0.15, 0.2) is 0 Å². The third kappa shape index (κ3) is 4.25. The Balaban J connectivity index is 1.95. The van der Waals surface area contributed by atoms with Crippen LogP contribution in [0.15, 0.2) is 24.3 Å². The van der Waals surface area contributed by atoms with Crippen molar-refractivity contribution < 1.29 is 9.50 Å². The lowest BCUT2D eigenvalue weighted by Gasteiger charge is -2.09. The third-order valence-electron chi connectivity index (χ3n) is 2.67. The highest BCUT2D eigenvalue weighted by Crippen LogP contribution is 2.19. The molecule has 1 aromatic carbocycles. The molecule has 2 rings (SSSR count). The van der Waals surface area contributed by atoms with E-state index in [9.17, 15) is 4.39 Å². The van der Waals surface area contributed by atoms with Crippen LogP contribution in [0.1, 0.15) is 23.9 Å². The molecule has 0 aliphatic rings. The molecule has 2 N–H and O–H groups in total. The maximum atomic E-state index is 12.8. The molecule has 0 aliphatic carbocycles. The first kappa shape index (κ1) is 13.9. The second kappa shape index (κ2) is 6.58. The van der Waals surface area contributed by atoms with E-state index in [0.29, 0.717) is 12.8 Å². The molecule has 4 nitrogen and oxygen atoms in total. The summed E-state index contributed by atoms with van der Waals surface area (Å²) >= 11 is 1.48. The summed E-state index contributed by atoms with van der Waals surface area (Å²) in [7, 11) is 0. The number of anilines is 1. The van der Waals surface area contributed by atoms with E-state index >= 15 is 0 Å². The Morgan fingerprint density at radius 3 is 2.74 bits per heavy atom. The number of hydrogen-bond donors (Lipinski definition) is 2. The first-order valence-corrected chi connectivity index (χ1v) is 6.93. The highest BCUT2D eigenvalue weighted by molar-refractivity contribution is 7.15. The summed E-state index contributed by atoms with van der Waals surface area (Å²) in [6.45, 7) is 2.13. The van der Waals surface area contributed by atoms with Gasteiger partial charge in [-0.25, -0.2) is 4.39 Å². The highest BCUT2D eigenvalue weighted by atomic mass is 32.1. The molecule has 0 radical (unpaired) electrons. The lowest BCUT2D eigenvalue weighted by Crippen LogP contribution is -2.16. The molecule has 2 aromatic rings. The van der Waals surface area contributed by atoms with E-state index < -0.39 is 0 Å². The minimum atomic E-state index is -0.235. The second-order valence-electron chi connectivity index (χ2n) is 4.36. The van der Waals surface area contributed by atoms with Gasteiger partial charge in [0, 0.05) is 19.1 Å².